The summed E-state index contributed by atoms with van der Waals surface area (Å²) < 4.78 is 0. The molecule has 2 nitrogen and oxygen atoms in total. The third-order valence-corrected chi connectivity index (χ3v) is 3.77. The molecule has 0 radical (unpaired) electrons. The second-order valence-electron chi connectivity index (χ2n) is 4.77. The third kappa shape index (κ3) is 1.53. The first-order valence-corrected chi connectivity index (χ1v) is 5.86. The van der Waals surface area contributed by atoms with E-state index in [1.54, 1.807) is 5.57 Å². The zero-order valence-corrected chi connectivity index (χ0v) is 9.24. The fourth-order valence-corrected chi connectivity index (χ4v) is 2.85. The molecule has 2 unspecified atom stereocenters. The minimum absolute atomic E-state index is 0.545. The summed E-state index contributed by atoms with van der Waals surface area (Å²) in [6.45, 7) is 2.40. The van der Waals surface area contributed by atoms with Crippen LogP contribution in [0, 0.1) is 5.92 Å². The Bertz CT molecular complexity index is 352. The van der Waals surface area contributed by atoms with Crippen molar-refractivity contribution < 1.29 is 0 Å². The average Bonchev–Trinajstić information content (AvgIpc) is 2.51. The van der Waals surface area contributed by atoms with E-state index in [2.05, 4.69) is 41.6 Å². The summed E-state index contributed by atoms with van der Waals surface area (Å²) >= 11 is 0. The number of hydrogen-bond donors (Lipinski definition) is 1. The lowest BCUT2D eigenvalue weighted by atomic mass is 9.89. The van der Waals surface area contributed by atoms with Crippen molar-refractivity contribution in [3.05, 3.63) is 35.6 Å². The van der Waals surface area contributed by atoms with Crippen LogP contribution in [-0.2, 0) is 0 Å². The van der Waals surface area contributed by atoms with Crippen molar-refractivity contribution in [2.45, 2.75) is 18.9 Å². The smallest absolute Gasteiger partial charge is 0.0545 e. The molecule has 2 heterocycles. The first-order chi connectivity index (χ1) is 7.34. The molecule has 0 saturated heterocycles. The van der Waals surface area contributed by atoms with E-state index < -0.39 is 0 Å². The van der Waals surface area contributed by atoms with Crippen LogP contribution < -0.4 is 5.32 Å². The number of nitrogens with zero attached hydrogens (tertiary/aromatic N) is 1. The molecule has 1 aliphatic carbocycles. The van der Waals surface area contributed by atoms with Gasteiger partial charge in [0.05, 0.1) is 6.04 Å². The zero-order valence-electron chi connectivity index (χ0n) is 9.24. The van der Waals surface area contributed by atoms with Crippen LogP contribution in [0.2, 0.25) is 0 Å². The van der Waals surface area contributed by atoms with Crippen LogP contribution in [0.1, 0.15) is 12.8 Å². The largest absolute Gasteiger partial charge is 0.381 e. The molecule has 3 aliphatic rings. The van der Waals surface area contributed by atoms with Gasteiger partial charge in [-0.05, 0) is 25.5 Å². The highest BCUT2D eigenvalue weighted by Gasteiger charge is 2.32. The van der Waals surface area contributed by atoms with Gasteiger partial charge in [0.25, 0.3) is 0 Å². The van der Waals surface area contributed by atoms with Crippen molar-refractivity contribution >= 4 is 0 Å². The van der Waals surface area contributed by atoms with Gasteiger partial charge >= 0.3 is 0 Å². The molecule has 0 spiro atoms. The lowest BCUT2D eigenvalue weighted by molar-refractivity contribution is 0.344. The van der Waals surface area contributed by atoms with Crippen LogP contribution >= 0.6 is 0 Å². The number of hydrogen-bond acceptors (Lipinski definition) is 2. The second-order valence-corrected chi connectivity index (χ2v) is 4.77. The summed E-state index contributed by atoms with van der Waals surface area (Å²) in [5.74, 6) is 0.636. The zero-order chi connectivity index (χ0) is 10.3. The number of rotatable bonds is 0. The van der Waals surface area contributed by atoms with Crippen LogP contribution in [-0.4, -0.2) is 31.1 Å². The number of allylic oxidation sites excluding steroid dienone is 2. The fraction of sp³-hybridized carbons (Fsp3) is 0.538. The topological polar surface area (TPSA) is 15.3 Å². The van der Waals surface area contributed by atoms with Crippen LogP contribution in [0.15, 0.2) is 35.6 Å². The summed E-state index contributed by atoms with van der Waals surface area (Å²) in [4.78, 5) is 2.43. The minimum Gasteiger partial charge on any atom is -0.381 e. The van der Waals surface area contributed by atoms with Gasteiger partial charge in [-0.15, -0.1) is 0 Å². The summed E-state index contributed by atoms with van der Waals surface area (Å²) in [7, 11) is 2.22. The Morgan fingerprint density at radius 2 is 2.00 bits per heavy atom. The molecule has 1 N–H and O–H groups in total. The van der Waals surface area contributed by atoms with E-state index in [1.807, 2.05) is 0 Å². The van der Waals surface area contributed by atoms with Crippen LogP contribution in [0.4, 0.5) is 0 Å². The summed E-state index contributed by atoms with van der Waals surface area (Å²) in [6, 6.07) is 0.545. The van der Waals surface area contributed by atoms with Gasteiger partial charge in [-0.1, -0.05) is 24.3 Å². The van der Waals surface area contributed by atoms with E-state index in [1.165, 1.54) is 31.6 Å². The van der Waals surface area contributed by atoms with Gasteiger partial charge in [-0.2, -0.15) is 0 Å². The van der Waals surface area contributed by atoms with Crippen molar-refractivity contribution in [3.63, 3.8) is 0 Å². The maximum Gasteiger partial charge on any atom is 0.0545 e. The minimum atomic E-state index is 0.545. The summed E-state index contributed by atoms with van der Waals surface area (Å²) in [6.07, 6.45) is 11.4. The maximum absolute atomic E-state index is 3.67. The molecular formula is C13H18N2. The molecule has 0 fully saturated rings. The van der Waals surface area contributed by atoms with Crippen molar-refractivity contribution in [1.29, 1.82) is 0 Å². The molecule has 0 aromatic heterocycles. The van der Waals surface area contributed by atoms with E-state index in [4.69, 9.17) is 0 Å². The summed E-state index contributed by atoms with van der Waals surface area (Å²) in [5, 5.41) is 3.67. The molecule has 0 amide bonds. The molecule has 2 heteroatoms. The predicted molar refractivity (Wildman–Crippen MR) is 62.5 cm³/mol. The Morgan fingerprint density at radius 1 is 1.20 bits per heavy atom. The van der Waals surface area contributed by atoms with Crippen LogP contribution in [0.25, 0.3) is 0 Å². The molecule has 2 atom stereocenters. The van der Waals surface area contributed by atoms with Crippen molar-refractivity contribution in [3.8, 4) is 0 Å². The quantitative estimate of drug-likeness (QED) is 0.643. The number of nitrogens with one attached hydrogen (secondary N) is 1. The van der Waals surface area contributed by atoms with Gasteiger partial charge in [0.1, 0.15) is 0 Å². The van der Waals surface area contributed by atoms with E-state index in [0.717, 1.165) is 0 Å². The lowest BCUT2D eigenvalue weighted by Crippen LogP contribution is -2.29. The molecule has 3 rings (SSSR count). The fourth-order valence-electron chi connectivity index (χ4n) is 2.85. The SMILES string of the molecule is CN1CCC2=C(CC1)C1C=CC=CC1N2. The first-order valence-electron chi connectivity index (χ1n) is 5.86. The van der Waals surface area contributed by atoms with Crippen LogP contribution in [0.5, 0.6) is 0 Å². The van der Waals surface area contributed by atoms with Gasteiger partial charge < -0.3 is 10.2 Å². The Labute approximate surface area is 91.3 Å². The molecule has 0 aromatic carbocycles. The van der Waals surface area contributed by atoms with Crippen molar-refractivity contribution in [2.75, 3.05) is 20.1 Å². The maximum atomic E-state index is 3.67. The van der Waals surface area contributed by atoms with E-state index in [9.17, 15) is 0 Å². The van der Waals surface area contributed by atoms with E-state index >= 15 is 0 Å². The molecule has 0 saturated carbocycles. The highest BCUT2D eigenvalue weighted by Crippen LogP contribution is 2.34. The van der Waals surface area contributed by atoms with Gasteiger partial charge in [-0.3, -0.25) is 0 Å². The second kappa shape index (κ2) is 3.53. The predicted octanol–water partition coefficient (Wildman–Crippen LogP) is 1.68. The van der Waals surface area contributed by atoms with Gasteiger partial charge in [0, 0.05) is 24.7 Å². The van der Waals surface area contributed by atoms with E-state index in [-0.39, 0.29) is 0 Å². The van der Waals surface area contributed by atoms with E-state index in [0.29, 0.717) is 12.0 Å². The van der Waals surface area contributed by atoms with Crippen LogP contribution in [0.3, 0.4) is 0 Å². The molecular weight excluding hydrogens is 184 g/mol. The monoisotopic (exact) mass is 202 g/mol. The third-order valence-electron chi connectivity index (χ3n) is 3.77. The standard InChI is InChI=1S/C13H18N2/c1-15-8-6-11-10-4-2-3-5-12(10)14-13(11)7-9-15/h2-5,10,12,14H,6-9H2,1H3. The Kier molecular flexibility index (Phi) is 2.17. The molecule has 0 aromatic rings. The highest BCUT2D eigenvalue weighted by atomic mass is 15.1. The molecule has 15 heavy (non-hydrogen) atoms. The highest BCUT2D eigenvalue weighted by molar-refractivity contribution is 5.36. The summed E-state index contributed by atoms with van der Waals surface area (Å²) in [5.41, 5.74) is 3.18. The molecule has 0 bridgehead atoms. The Morgan fingerprint density at radius 3 is 2.93 bits per heavy atom. The van der Waals surface area contributed by atoms with Gasteiger partial charge in [0.2, 0.25) is 0 Å². The average molecular weight is 202 g/mol. The molecule has 80 valence electrons. The number of fused-ring (bicyclic) bond motifs is 2. The molecule has 2 aliphatic heterocycles. The Hall–Kier alpha value is -1.02. The normalized spacial score (nSPS) is 34.7. The van der Waals surface area contributed by atoms with Gasteiger partial charge in [0.15, 0.2) is 0 Å². The first kappa shape index (κ1) is 9.22. The van der Waals surface area contributed by atoms with Crippen molar-refractivity contribution in [2.24, 2.45) is 5.92 Å². The Balaban J connectivity index is 1.86. The van der Waals surface area contributed by atoms with Gasteiger partial charge in [-0.25, -0.2) is 0 Å². The van der Waals surface area contributed by atoms with Crippen molar-refractivity contribution in [1.82, 2.24) is 10.2 Å². The lowest BCUT2D eigenvalue weighted by Gasteiger charge is -2.21.